The number of rotatable bonds is 6. The number of hydrogen-bond donors (Lipinski definition) is 1. The van der Waals surface area contributed by atoms with Gasteiger partial charge in [0, 0.05) is 19.3 Å². The molecule has 0 amide bonds. The first-order valence-electron chi connectivity index (χ1n) is 8.64. The van der Waals surface area contributed by atoms with Gasteiger partial charge in [-0.15, -0.1) is 0 Å². The van der Waals surface area contributed by atoms with Gasteiger partial charge in [-0.05, 0) is 55.5 Å². The molecule has 3 unspecified atom stereocenters. The zero-order valence-electron chi connectivity index (χ0n) is 14.5. The molecule has 21 heavy (non-hydrogen) atoms. The first-order chi connectivity index (χ1) is 9.92. The average Bonchev–Trinajstić information content (AvgIpc) is 2.80. The molecule has 3 atom stereocenters. The molecular weight excluding hydrogens is 258 g/mol. The summed E-state index contributed by atoms with van der Waals surface area (Å²) in [5, 5.41) is 8.41. The molecule has 0 radical (unpaired) electrons. The Bertz CT molecular complexity index is 435. The Morgan fingerprint density at radius 3 is 2.76 bits per heavy atom. The highest BCUT2D eigenvalue weighted by Crippen LogP contribution is 2.42. The maximum atomic E-state index is 4.59. The Morgan fingerprint density at radius 1 is 1.38 bits per heavy atom. The first-order valence-corrected chi connectivity index (χ1v) is 8.64. The highest BCUT2D eigenvalue weighted by molar-refractivity contribution is 5.04. The number of hydrogen-bond acceptors (Lipinski definition) is 2. The number of nitrogens with zero attached hydrogens (tertiary/aromatic N) is 2. The highest BCUT2D eigenvalue weighted by atomic mass is 15.2. The summed E-state index contributed by atoms with van der Waals surface area (Å²) in [4.78, 5) is 0. The van der Waals surface area contributed by atoms with Gasteiger partial charge in [-0.1, -0.05) is 34.1 Å². The second kappa shape index (κ2) is 6.95. The van der Waals surface area contributed by atoms with Crippen LogP contribution in [-0.4, -0.2) is 22.4 Å². The number of aromatic nitrogens is 2. The van der Waals surface area contributed by atoms with Crippen LogP contribution < -0.4 is 5.32 Å². The topological polar surface area (TPSA) is 29.9 Å². The van der Waals surface area contributed by atoms with Crippen LogP contribution in [0, 0.1) is 17.3 Å². The molecule has 0 saturated heterocycles. The maximum absolute atomic E-state index is 4.59. The van der Waals surface area contributed by atoms with Crippen LogP contribution in [0.2, 0.25) is 0 Å². The molecular formula is C18H33N3. The zero-order valence-corrected chi connectivity index (χ0v) is 14.5. The van der Waals surface area contributed by atoms with Crippen LogP contribution in [0.25, 0.3) is 0 Å². The molecule has 3 nitrogen and oxygen atoms in total. The van der Waals surface area contributed by atoms with E-state index in [9.17, 15) is 0 Å². The van der Waals surface area contributed by atoms with E-state index < -0.39 is 0 Å². The average molecular weight is 291 g/mol. The van der Waals surface area contributed by atoms with Crippen LogP contribution in [0.1, 0.15) is 59.1 Å². The molecule has 0 aromatic carbocycles. The van der Waals surface area contributed by atoms with E-state index in [1.165, 1.54) is 31.4 Å². The summed E-state index contributed by atoms with van der Waals surface area (Å²) in [5.41, 5.74) is 1.54. The standard InChI is InChI=1S/C18H33N3/c1-6-10-19-17-12-14(2)7-8-16(17)18(3,4)13-15-9-11-21(5)20-15/h9,11,14,16-17,19H,6-8,10,12-13H2,1-5H3. The molecule has 1 saturated carbocycles. The summed E-state index contributed by atoms with van der Waals surface area (Å²) in [6, 6.07) is 2.84. The second-order valence-electron chi connectivity index (χ2n) is 7.73. The molecule has 0 bridgehead atoms. The zero-order chi connectivity index (χ0) is 15.5. The van der Waals surface area contributed by atoms with Crippen molar-refractivity contribution in [1.29, 1.82) is 0 Å². The lowest BCUT2D eigenvalue weighted by molar-refractivity contribution is 0.0932. The van der Waals surface area contributed by atoms with E-state index in [4.69, 9.17) is 0 Å². The SMILES string of the molecule is CCCNC1CC(C)CCC1C(C)(C)Cc1ccn(C)n1. The van der Waals surface area contributed by atoms with Gasteiger partial charge in [0.05, 0.1) is 5.69 Å². The number of aryl methyl sites for hydroxylation is 1. The summed E-state index contributed by atoms with van der Waals surface area (Å²) in [7, 11) is 2.00. The van der Waals surface area contributed by atoms with Gasteiger partial charge in [0.15, 0.2) is 0 Å². The third kappa shape index (κ3) is 4.32. The lowest BCUT2D eigenvalue weighted by atomic mass is 9.64. The lowest BCUT2D eigenvalue weighted by Gasteiger charge is -2.44. The maximum Gasteiger partial charge on any atom is 0.0629 e. The summed E-state index contributed by atoms with van der Waals surface area (Å²) in [6.45, 7) is 10.7. The fourth-order valence-corrected chi connectivity index (χ4v) is 4.03. The molecule has 2 rings (SSSR count). The van der Waals surface area contributed by atoms with E-state index in [0.717, 1.165) is 24.8 Å². The Labute approximate surface area is 130 Å². The molecule has 3 heteroatoms. The van der Waals surface area contributed by atoms with Gasteiger partial charge in [-0.2, -0.15) is 5.10 Å². The summed E-state index contributed by atoms with van der Waals surface area (Å²) < 4.78 is 1.92. The van der Waals surface area contributed by atoms with Crippen LogP contribution in [0.15, 0.2) is 12.3 Å². The normalized spacial score (nSPS) is 27.0. The van der Waals surface area contributed by atoms with Gasteiger partial charge in [-0.25, -0.2) is 0 Å². The first kappa shape index (κ1) is 16.5. The Balaban J connectivity index is 2.07. The summed E-state index contributed by atoms with van der Waals surface area (Å²) >= 11 is 0. The van der Waals surface area contributed by atoms with Crippen LogP contribution in [-0.2, 0) is 13.5 Å². The van der Waals surface area contributed by atoms with Gasteiger partial charge >= 0.3 is 0 Å². The van der Waals surface area contributed by atoms with Crippen LogP contribution in [0.3, 0.4) is 0 Å². The number of nitrogens with one attached hydrogen (secondary N) is 1. The predicted octanol–water partition coefficient (Wildman–Crippen LogP) is 3.79. The monoisotopic (exact) mass is 291 g/mol. The minimum absolute atomic E-state index is 0.305. The van der Waals surface area contributed by atoms with Crippen molar-refractivity contribution in [3.8, 4) is 0 Å². The molecule has 1 aliphatic rings. The van der Waals surface area contributed by atoms with Crippen molar-refractivity contribution in [2.24, 2.45) is 24.3 Å². The van der Waals surface area contributed by atoms with Crippen molar-refractivity contribution in [3.05, 3.63) is 18.0 Å². The molecule has 1 aromatic heterocycles. The van der Waals surface area contributed by atoms with Crippen molar-refractivity contribution < 1.29 is 0 Å². The summed E-state index contributed by atoms with van der Waals surface area (Å²) in [6.07, 6.45) is 8.41. The molecule has 1 aromatic rings. The van der Waals surface area contributed by atoms with Crippen LogP contribution in [0.4, 0.5) is 0 Å². The molecule has 1 aliphatic carbocycles. The molecule has 0 spiro atoms. The molecule has 1 heterocycles. The minimum Gasteiger partial charge on any atom is -0.314 e. The van der Waals surface area contributed by atoms with E-state index in [2.05, 4.69) is 50.4 Å². The van der Waals surface area contributed by atoms with E-state index in [1.54, 1.807) is 0 Å². The fraction of sp³-hybridized carbons (Fsp3) is 0.833. The Hall–Kier alpha value is -0.830. The van der Waals surface area contributed by atoms with Crippen molar-refractivity contribution in [2.45, 2.75) is 65.8 Å². The molecule has 120 valence electrons. The van der Waals surface area contributed by atoms with Gasteiger partial charge in [0.2, 0.25) is 0 Å². The van der Waals surface area contributed by atoms with Crippen molar-refractivity contribution in [3.63, 3.8) is 0 Å². The van der Waals surface area contributed by atoms with Crippen LogP contribution >= 0.6 is 0 Å². The van der Waals surface area contributed by atoms with E-state index in [0.29, 0.717) is 11.5 Å². The van der Waals surface area contributed by atoms with Crippen molar-refractivity contribution in [2.75, 3.05) is 6.54 Å². The quantitative estimate of drug-likeness (QED) is 0.864. The van der Waals surface area contributed by atoms with E-state index in [-0.39, 0.29) is 0 Å². The van der Waals surface area contributed by atoms with E-state index >= 15 is 0 Å². The third-order valence-electron chi connectivity index (χ3n) is 5.18. The van der Waals surface area contributed by atoms with Gasteiger partial charge < -0.3 is 5.32 Å². The summed E-state index contributed by atoms with van der Waals surface area (Å²) in [5.74, 6) is 1.61. The minimum atomic E-state index is 0.305. The highest BCUT2D eigenvalue weighted by Gasteiger charge is 2.38. The molecule has 1 N–H and O–H groups in total. The van der Waals surface area contributed by atoms with Crippen molar-refractivity contribution >= 4 is 0 Å². The van der Waals surface area contributed by atoms with Gasteiger partial charge in [0.1, 0.15) is 0 Å². The Kier molecular flexibility index (Phi) is 5.48. The smallest absolute Gasteiger partial charge is 0.0629 e. The predicted molar refractivity (Wildman–Crippen MR) is 89.3 cm³/mol. The molecule has 0 aliphatic heterocycles. The van der Waals surface area contributed by atoms with E-state index in [1.807, 2.05) is 11.7 Å². The largest absolute Gasteiger partial charge is 0.314 e. The van der Waals surface area contributed by atoms with Crippen molar-refractivity contribution in [1.82, 2.24) is 15.1 Å². The Morgan fingerprint density at radius 2 is 2.14 bits per heavy atom. The van der Waals surface area contributed by atoms with Crippen LogP contribution in [0.5, 0.6) is 0 Å². The van der Waals surface area contributed by atoms with Gasteiger partial charge in [0.25, 0.3) is 0 Å². The fourth-order valence-electron chi connectivity index (χ4n) is 4.03. The van der Waals surface area contributed by atoms with Gasteiger partial charge in [-0.3, -0.25) is 4.68 Å². The second-order valence-corrected chi connectivity index (χ2v) is 7.73. The molecule has 1 fully saturated rings. The third-order valence-corrected chi connectivity index (χ3v) is 5.18. The lowest BCUT2D eigenvalue weighted by Crippen LogP contribution is -2.47.